The Morgan fingerprint density at radius 3 is 2.50 bits per heavy atom. The number of hydrogen-bond donors (Lipinski definition) is 3. The molecular weight excluding hydrogens is 479 g/mol. The number of carboxylic acid groups (broad SMARTS) is 1. The zero-order valence-corrected chi connectivity index (χ0v) is 20.1. The molecule has 0 aliphatic rings. The molecule has 1 aromatic heterocycles. The summed E-state index contributed by atoms with van der Waals surface area (Å²) in [6.07, 6.45) is -1.18. The highest BCUT2D eigenvalue weighted by Crippen LogP contribution is 2.27. The summed E-state index contributed by atoms with van der Waals surface area (Å²) in [5, 5.41) is 21.0. The molecule has 0 spiro atoms. The van der Waals surface area contributed by atoms with Gasteiger partial charge in [0.2, 0.25) is 0 Å². The minimum absolute atomic E-state index is 0.139. The SMILES string of the molecule is C/C(=C\c1ccc(CCC(F)(F)F)cc1C)C(=O)c1c(O)cc(C(C)CC/C=C/NC(=O)O)oc1=O. The van der Waals surface area contributed by atoms with Gasteiger partial charge in [-0.3, -0.25) is 10.1 Å². The minimum Gasteiger partial charge on any atom is -0.507 e. The molecule has 7 nitrogen and oxygen atoms in total. The summed E-state index contributed by atoms with van der Waals surface area (Å²) in [7, 11) is 0. The number of benzene rings is 1. The van der Waals surface area contributed by atoms with Crippen molar-refractivity contribution in [3.63, 3.8) is 0 Å². The van der Waals surface area contributed by atoms with Gasteiger partial charge in [0.15, 0.2) is 5.78 Å². The summed E-state index contributed by atoms with van der Waals surface area (Å²) in [6, 6.07) is 5.99. The number of allylic oxidation sites excluding steroid dienone is 2. The van der Waals surface area contributed by atoms with Gasteiger partial charge >= 0.3 is 17.9 Å². The number of carbonyl (C=O) groups excluding carboxylic acids is 1. The van der Waals surface area contributed by atoms with Gasteiger partial charge in [0.05, 0.1) is 0 Å². The van der Waals surface area contributed by atoms with Crippen molar-refractivity contribution in [1.82, 2.24) is 5.32 Å². The fourth-order valence-corrected chi connectivity index (χ4v) is 3.49. The Labute approximate surface area is 206 Å². The number of carbonyl (C=O) groups is 2. The Kier molecular flexibility index (Phi) is 9.66. The largest absolute Gasteiger partial charge is 0.507 e. The van der Waals surface area contributed by atoms with E-state index < -0.39 is 41.4 Å². The Bertz CT molecular complexity index is 1230. The van der Waals surface area contributed by atoms with Crippen LogP contribution < -0.4 is 10.9 Å². The average Bonchev–Trinajstić information content (AvgIpc) is 2.77. The number of alkyl halides is 3. The second-order valence-corrected chi connectivity index (χ2v) is 8.49. The lowest BCUT2D eigenvalue weighted by molar-refractivity contribution is -0.134. The smallest absolute Gasteiger partial charge is 0.408 e. The maximum atomic E-state index is 12.9. The fourth-order valence-electron chi connectivity index (χ4n) is 3.49. The number of aryl methyl sites for hydroxylation is 2. The third-order valence-electron chi connectivity index (χ3n) is 5.52. The van der Waals surface area contributed by atoms with Gasteiger partial charge in [0.1, 0.15) is 17.1 Å². The molecule has 3 N–H and O–H groups in total. The van der Waals surface area contributed by atoms with E-state index in [1.165, 1.54) is 25.3 Å². The number of Topliss-reactive ketones (excluding diaryl/α,β-unsaturated/α-hetero) is 1. The van der Waals surface area contributed by atoms with Gasteiger partial charge in [-0.2, -0.15) is 13.2 Å². The van der Waals surface area contributed by atoms with Crippen LogP contribution in [0.25, 0.3) is 6.08 Å². The Hall–Kier alpha value is -3.82. The molecule has 0 aliphatic heterocycles. The minimum atomic E-state index is -4.25. The summed E-state index contributed by atoms with van der Waals surface area (Å²) in [5.74, 6) is -1.37. The predicted octanol–water partition coefficient (Wildman–Crippen LogP) is 6.10. The molecule has 194 valence electrons. The van der Waals surface area contributed by atoms with Crippen molar-refractivity contribution in [2.75, 3.05) is 0 Å². The maximum absolute atomic E-state index is 12.9. The average molecular weight is 508 g/mol. The maximum Gasteiger partial charge on any atom is 0.408 e. The van der Waals surface area contributed by atoms with Crippen molar-refractivity contribution in [2.24, 2.45) is 0 Å². The highest BCUT2D eigenvalue weighted by Gasteiger charge is 2.26. The van der Waals surface area contributed by atoms with Crippen LogP contribution in [0.2, 0.25) is 0 Å². The lowest BCUT2D eigenvalue weighted by Gasteiger charge is -2.11. The van der Waals surface area contributed by atoms with E-state index in [1.807, 2.05) is 0 Å². The van der Waals surface area contributed by atoms with Crippen LogP contribution in [0.5, 0.6) is 5.75 Å². The fraction of sp³-hybridized carbons (Fsp3) is 0.346. The normalized spacial score (nSPS) is 13.1. The van der Waals surface area contributed by atoms with Crippen molar-refractivity contribution >= 4 is 18.0 Å². The molecule has 1 atom stereocenters. The van der Waals surface area contributed by atoms with Crippen LogP contribution in [-0.2, 0) is 6.42 Å². The van der Waals surface area contributed by atoms with Gasteiger partial charge in [0.25, 0.3) is 0 Å². The summed E-state index contributed by atoms with van der Waals surface area (Å²) < 4.78 is 42.7. The number of ketones is 1. The van der Waals surface area contributed by atoms with Crippen LogP contribution in [0.4, 0.5) is 18.0 Å². The topological polar surface area (TPSA) is 117 Å². The molecule has 1 amide bonds. The van der Waals surface area contributed by atoms with E-state index in [0.29, 0.717) is 29.5 Å². The van der Waals surface area contributed by atoms with Gasteiger partial charge in [-0.25, -0.2) is 9.59 Å². The quantitative estimate of drug-likeness (QED) is 0.264. The van der Waals surface area contributed by atoms with E-state index in [2.05, 4.69) is 5.32 Å². The molecule has 1 unspecified atom stereocenters. The van der Waals surface area contributed by atoms with Crippen molar-refractivity contribution in [3.05, 3.63) is 80.5 Å². The van der Waals surface area contributed by atoms with Gasteiger partial charge in [-0.15, -0.1) is 0 Å². The van der Waals surface area contributed by atoms with Crippen LogP contribution in [0, 0.1) is 6.92 Å². The zero-order chi connectivity index (χ0) is 27.0. The Morgan fingerprint density at radius 2 is 1.92 bits per heavy atom. The zero-order valence-electron chi connectivity index (χ0n) is 20.1. The third kappa shape index (κ3) is 8.44. The van der Waals surface area contributed by atoms with E-state index in [-0.39, 0.29) is 23.7 Å². The first-order chi connectivity index (χ1) is 16.8. The van der Waals surface area contributed by atoms with Crippen LogP contribution in [0.3, 0.4) is 0 Å². The van der Waals surface area contributed by atoms with E-state index in [0.717, 1.165) is 0 Å². The van der Waals surface area contributed by atoms with Crippen molar-refractivity contribution < 1.29 is 37.4 Å². The second-order valence-electron chi connectivity index (χ2n) is 8.49. The van der Waals surface area contributed by atoms with Crippen LogP contribution in [0.15, 0.2) is 51.3 Å². The molecular formula is C26H28F3NO6. The molecule has 2 rings (SSSR count). The van der Waals surface area contributed by atoms with E-state index in [4.69, 9.17) is 9.52 Å². The number of halogens is 3. The number of nitrogens with one attached hydrogen (secondary N) is 1. The highest BCUT2D eigenvalue weighted by molar-refractivity contribution is 6.12. The first-order valence-electron chi connectivity index (χ1n) is 11.2. The summed E-state index contributed by atoms with van der Waals surface area (Å²) in [4.78, 5) is 35.8. The molecule has 0 bridgehead atoms. The Morgan fingerprint density at radius 1 is 1.22 bits per heavy atom. The lowest BCUT2D eigenvalue weighted by Crippen LogP contribution is -2.16. The van der Waals surface area contributed by atoms with Crippen molar-refractivity contribution in [1.29, 1.82) is 0 Å². The first-order valence-corrected chi connectivity index (χ1v) is 11.2. The van der Waals surface area contributed by atoms with Crippen molar-refractivity contribution in [3.8, 4) is 5.75 Å². The van der Waals surface area contributed by atoms with Gasteiger partial charge in [-0.1, -0.05) is 31.2 Å². The summed E-state index contributed by atoms with van der Waals surface area (Å²) in [6.45, 7) is 4.92. The summed E-state index contributed by atoms with van der Waals surface area (Å²) in [5.41, 5.74) is 0.413. The number of hydrogen-bond acceptors (Lipinski definition) is 5. The van der Waals surface area contributed by atoms with Crippen LogP contribution in [0.1, 0.15) is 71.8 Å². The molecule has 0 saturated carbocycles. The molecule has 0 aliphatic carbocycles. The number of rotatable bonds is 10. The molecule has 0 fully saturated rings. The van der Waals surface area contributed by atoms with Gasteiger partial charge < -0.3 is 14.6 Å². The van der Waals surface area contributed by atoms with E-state index >= 15 is 0 Å². The predicted molar refractivity (Wildman–Crippen MR) is 128 cm³/mol. The standard InChI is InChI=1S/C26H28F3NO6/c1-15(6-4-5-11-30-25(34)35)21-14-20(31)22(24(33)36-21)23(32)17(3)13-19-8-7-18(12-16(19)2)9-10-26(27,28)29/h5,7-8,11-15,30-31H,4,6,9-10H2,1-3H3,(H,34,35)/b11-5+,17-13+. The molecule has 0 saturated heterocycles. The second kappa shape index (κ2) is 12.2. The lowest BCUT2D eigenvalue weighted by atomic mass is 9.97. The van der Waals surface area contributed by atoms with Crippen molar-refractivity contribution in [2.45, 2.75) is 58.5 Å². The third-order valence-corrected chi connectivity index (χ3v) is 5.52. The molecule has 1 heterocycles. The molecule has 36 heavy (non-hydrogen) atoms. The van der Waals surface area contributed by atoms with Gasteiger partial charge in [0, 0.05) is 24.6 Å². The Balaban J connectivity index is 2.16. The first kappa shape index (κ1) is 28.4. The molecule has 10 heteroatoms. The van der Waals surface area contributed by atoms with Crippen LogP contribution >= 0.6 is 0 Å². The van der Waals surface area contributed by atoms with E-state index in [9.17, 15) is 32.7 Å². The molecule has 0 radical (unpaired) electrons. The molecule has 1 aromatic carbocycles. The highest BCUT2D eigenvalue weighted by atomic mass is 19.4. The number of amides is 1. The van der Waals surface area contributed by atoms with Gasteiger partial charge in [-0.05, 0) is 61.4 Å². The van der Waals surface area contributed by atoms with E-state index in [1.54, 1.807) is 38.1 Å². The number of aromatic hydroxyl groups is 1. The molecule has 2 aromatic rings. The monoisotopic (exact) mass is 507 g/mol. The summed E-state index contributed by atoms with van der Waals surface area (Å²) >= 11 is 0. The van der Waals surface area contributed by atoms with Crippen LogP contribution in [-0.4, -0.2) is 28.3 Å².